The summed E-state index contributed by atoms with van der Waals surface area (Å²) >= 11 is 0. The number of nitrogens with zero attached hydrogens (tertiary/aromatic N) is 2. The maximum Gasteiger partial charge on any atom is 0.151 e. The van der Waals surface area contributed by atoms with Gasteiger partial charge in [-0.15, -0.1) is 0 Å². The quantitative estimate of drug-likeness (QED) is 0.808. The molecule has 118 valence electrons. The van der Waals surface area contributed by atoms with E-state index in [2.05, 4.69) is 35.1 Å². The average molecular weight is 291 g/mol. The molecule has 0 bridgehead atoms. The highest BCUT2D eigenvalue weighted by Gasteiger charge is 2.21. The molecule has 0 saturated carbocycles. The summed E-state index contributed by atoms with van der Waals surface area (Å²) in [6.07, 6.45) is 8.18. The Kier molecular flexibility index (Phi) is 6.30. The summed E-state index contributed by atoms with van der Waals surface area (Å²) in [5.74, 6) is 1.04. The molecule has 2 rings (SSSR count). The summed E-state index contributed by atoms with van der Waals surface area (Å²) in [4.78, 5) is 6.88. The summed E-state index contributed by atoms with van der Waals surface area (Å²) in [5.41, 5.74) is 1.14. The lowest BCUT2D eigenvalue weighted by Gasteiger charge is -2.32. The number of nitrogens with one attached hydrogen (secondary N) is 1. The highest BCUT2D eigenvalue weighted by atomic mass is 16.3. The zero-order valence-electron chi connectivity index (χ0n) is 13.4. The van der Waals surface area contributed by atoms with Crippen molar-refractivity contribution in [2.24, 2.45) is 0 Å². The first kappa shape index (κ1) is 16.1. The monoisotopic (exact) mass is 291 g/mol. The molecule has 1 aromatic heterocycles. The Labute approximate surface area is 128 Å². The molecule has 0 amide bonds. The number of aromatic nitrogens is 1. The first-order valence-corrected chi connectivity index (χ1v) is 8.39. The number of aliphatic hydroxyl groups is 1. The van der Waals surface area contributed by atoms with E-state index in [1.165, 1.54) is 25.7 Å². The lowest BCUT2D eigenvalue weighted by molar-refractivity contribution is 0.145. The van der Waals surface area contributed by atoms with Crippen LogP contribution >= 0.6 is 0 Å². The van der Waals surface area contributed by atoms with Crippen molar-refractivity contribution in [2.75, 3.05) is 23.3 Å². The minimum Gasteiger partial charge on any atom is -0.393 e. The van der Waals surface area contributed by atoms with E-state index in [0.29, 0.717) is 6.04 Å². The van der Waals surface area contributed by atoms with E-state index in [1.807, 2.05) is 12.3 Å². The number of hydrogen-bond acceptors (Lipinski definition) is 4. The SMILES string of the molecule is CCCC(CCC)Nc1cccnc1N1CCC(O)CC1. The van der Waals surface area contributed by atoms with Gasteiger partial charge in [0.25, 0.3) is 0 Å². The van der Waals surface area contributed by atoms with Crippen LogP contribution in [0.25, 0.3) is 0 Å². The maximum atomic E-state index is 9.67. The van der Waals surface area contributed by atoms with Crippen molar-refractivity contribution >= 4 is 11.5 Å². The van der Waals surface area contributed by atoms with Crippen LogP contribution in [0.2, 0.25) is 0 Å². The van der Waals surface area contributed by atoms with Gasteiger partial charge in [-0.25, -0.2) is 4.98 Å². The van der Waals surface area contributed by atoms with Crippen molar-refractivity contribution in [2.45, 2.75) is 64.5 Å². The number of pyridine rings is 1. The standard InChI is InChI=1S/C17H29N3O/c1-3-6-14(7-4-2)19-16-8-5-11-18-17(16)20-12-9-15(21)10-13-20/h5,8,11,14-15,19,21H,3-4,6-7,9-10,12-13H2,1-2H3. The molecule has 0 unspecified atom stereocenters. The molecule has 21 heavy (non-hydrogen) atoms. The Morgan fingerprint density at radius 3 is 2.57 bits per heavy atom. The molecule has 1 aliphatic heterocycles. The fourth-order valence-electron chi connectivity index (χ4n) is 3.04. The molecule has 1 aliphatic rings. The van der Waals surface area contributed by atoms with E-state index in [4.69, 9.17) is 0 Å². The lowest BCUT2D eigenvalue weighted by atomic mass is 10.1. The van der Waals surface area contributed by atoms with Gasteiger partial charge in [0, 0.05) is 25.3 Å². The van der Waals surface area contributed by atoms with Gasteiger partial charge in [0.15, 0.2) is 5.82 Å². The van der Waals surface area contributed by atoms with Crippen LogP contribution < -0.4 is 10.2 Å². The molecule has 0 radical (unpaired) electrons. The van der Waals surface area contributed by atoms with E-state index in [-0.39, 0.29) is 6.10 Å². The zero-order chi connectivity index (χ0) is 15.1. The van der Waals surface area contributed by atoms with Crippen molar-refractivity contribution in [1.82, 2.24) is 4.98 Å². The summed E-state index contributed by atoms with van der Waals surface area (Å²) in [5, 5.41) is 13.4. The molecule has 1 saturated heterocycles. The van der Waals surface area contributed by atoms with Crippen molar-refractivity contribution in [3.63, 3.8) is 0 Å². The van der Waals surface area contributed by atoms with Crippen LogP contribution in [-0.2, 0) is 0 Å². The molecular weight excluding hydrogens is 262 g/mol. The third-order valence-electron chi connectivity index (χ3n) is 4.18. The van der Waals surface area contributed by atoms with Gasteiger partial charge in [0.05, 0.1) is 11.8 Å². The van der Waals surface area contributed by atoms with Gasteiger partial charge in [-0.3, -0.25) is 0 Å². The van der Waals surface area contributed by atoms with Crippen LogP contribution in [0.5, 0.6) is 0 Å². The predicted octanol–water partition coefficient (Wildman–Crippen LogP) is 3.42. The first-order valence-electron chi connectivity index (χ1n) is 8.39. The molecule has 4 heteroatoms. The molecule has 0 aliphatic carbocycles. The smallest absolute Gasteiger partial charge is 0.151 e. The summed E-state index contributed by atoms with van der Waals surface area (Å²) < 4.78 is 0. The fraction of sp³-hybridized carbons (Fsp3) is 0.706. The second-order valence-corrected chi connectivity index (χ2v) is 6.01. The van der Waals surface area contributed by atoms with Gasteiger partial charge < -0.3 is 15.3 Å². The molecule has 1 fully saturated rings. The average Bonchev–Trinajstić information content (AvgIpc) is 2.49. The van der Waals surface area contributed by atoms with Gasteiger partial charge in [-0.1, -0.05) is 26.7 Å². The van der Waals surface area contributed by atoms with Gasteiger partial charge >= 0.3 is 0 Å². The highest BCUT2D eigenvalue weighted by Crippen LogP contribution is 2.27. The molecular formula is C17H29N3O. The summed E-state index contributed by atoms with van der Waals surface area (Å²) in [6.45, 7) is 6.25. The molecule has 0 spiro atoms. The Bertz CT molecular complexity index is 410. The van der Waals surface area contributed by atoms with Gasteiger partial charge in [-0.2, -0.15) is 0 Å². The Hall–Kier alpha value is -1.29. The predicted molar refractivity (Wildman–Crippen MR) is 88.9 cm³/mol. The van der Waals surface area contributed by atoms with E-state index in [9.17, 15) is 5.11 Å². The van der Waals surface area contributed by atoms with Crippen molar-refractivity contribution in [3.8, 4) is 0 Å². The first-order chi connectivity index (χ1) is 10.2. The largest absolute Gasteiger partial charge is 0.393 e. The summed E-state index contributed by atoms with van der Waals surface area (Å²) in [6, 6.07) is 4.66. The van der Waals surface area contributed by atoms with Crippen LogP contribution in [-0.4, -0.2) is 35.3 Å². The van der Waals surface area contributed by atoms with Crippen LogP contribution in [0.1, 0.15) is 52.4 Å². The molecule has 4 nitrogen and oxygen atoms in total. The molecule has 1 aromatic rings. The Morgan fingerprint density at radius 1 is 1.29 bits per heavy atom. The number of hydrogen-bond donors (Lipinski definition) is 2. The molecule has 0 aromatic carbocycles. The van der Waals surface area contributed by atoms with Crippen molar-refractivity contribution in [1.29, 1.82) is 0 Å². The molecule has 0 atom stereocenters. The second-order valence-electron chi connectivity index (χ2n) is 6.01. The third kappa shape index (κ3) is 4.60. The summed E-state index contributed by atoms with van der Waals surface area (Å²) in [7, 11) is 0. The lowest BCUT2D eigenvalue weighted by Crippen LogP contribution is -2.37. The van der Waals surface area contributed by atoms with Crippen LogP contribution in [0.15, 0.2) is 18.3 Å². The number of aliphatic hydroxyl groups excluding tert-OH is 1. The van der Waals surface area contributed by atoms with E-state index >= 15 is 0 Å². The van der Waals surface area contributed by atoms with Gasteiger partial charge in [0.1, 0.15) is 0 Å². The van der Waals surface area contributed by atoms with E-state index in [1.54, 1.807) is 0 Å². The fourth-order valence-corrected chi connectivity index (χ4v) is 3.04. The zero-order valence-corrected chi connectivity index (χ0v) is 13.4. The highest BCUT2D eigenvalue weighted by molar-refractivity contribution is 5.66. The Balaban J connectivity index is 2.08. The second kappa shape index (κ2) is 8.23. The van der Waals surface area contributed by atoms with Crippen molar-refractivity contribution in [3.05, 3.63) is 18.3 Å². The third-order valence-corrected chi connectivity index (χ3v) is 4.18. The molecule has 2 heterocycles. The van der Waals surface area contributed by atoms with Crippen molar-refractivity contribution < 1.29 is 5.11 Å². The minimum atomic E-state index is -0.144. The number of anilines is 2. The van der Waals surface area contributed by atoms with Gasteiger partial charge in [-0.05, 0) is 37.8 Å². The normalized spacial score (nSPS) is 16.5. The van der Waals surface area contributed by atoms with Crippen LogP contribution in [0, 0.1) is 0 Å². The minimum absolute atomic E-state index is 0.144. The maximum absolute atomic E-state index is 9.67. The Morgan fingerprint density at radius 2 is 1.95 bits per heavy atom. The molecule has 2 N–H and O–H groups in total. The number of piperidine rings is 1. The van der Waals surface area contributed by atoms with Gasteiger partial charge in [0.2, 0.25) is 0 Å². The van der Waals surface area contributed by atoms with Crippen LogP contribution in [0.3, 0.4) is 0 Å². The van der Waals surface area contributed by atoms with E-state index in [0.717, 1.165) is 37.4 Å². The number of rotatable bonds is 7. The topological polar surface area (TPSA) is 48.4 Å². The van der Waals surface area contributed by atoms with E-state index < -0.39 is 0 Å². The van der Waals surface area contributed by atoms with Crippen LogP contribution in [0.4, 0.5) is 11.5 Å².